The molecule has 0 fully saturated rings. The van der Waals surface area contributed by atoms with Gasteiger partial charge in [-0.1, -0.05) is 11.6 Å². The molecule has 0 spiro atoms. The Morgan fingerprint density at radius 1 is 1.57 bits per heavy atom. The highest BCUT2D eigenvalue weighted by Crippen LogP contribution is 2.19. The summed E-state index contributed by atoms with van der Waals surface area (Å²) in [4.78, 5) is 11.1. The summed E-state index contributed by atoms with van der Waals surface area (Å²) in [6.45, 7) is 3.99. The van der Waals surface area contributed by atoms with Gasteiger partial charge in [0, 0.05) is 10.7 Å². The lowest BCUT2D eigenvalue weighted by molar-refractivity contribution is 0.168. The molecule has 0 aromatic heterocycles. The fourth-order valence-electron chi connectivity index (χ4n) is 1.04. The molecule has 1 aromatic rings. The molecule has 1 aromatic carbocycles. The third-order valence-corrected chi connectivity index (χ3v) is 1.94. The summed E-state index contributed by atoms with van der Waals surface area (Å²) >= 11 is 5.77. The third-order valence-electron chi connectivity index (χ3n) is 1.70. The number of hydrogen-bond acceptors (Lipinski definition) is 2. The van der Waals surface area contributed by atoms with Crippen LogP contribution < -0.4 is 5.32 Å². The molecule has 0 saturated carbocycles. The Balaban J connectivity index is 2.72. The number of benzene rings is 1. The molecular weight excluding hydrogens is 202 g/mol. The lowest BCUT2D eigenvalue weighted by atomic mass is 10.2. The van der Waals surface area contributed by atoms with E-state index in [2.05, 4.69) is 5.32 Å². The molecule has 0 heterocycles. The fourth-order valence-corrected chi connectivity index (χ4v) is 1.27. The molecule has 1 N–H and O–H groups in total. The van der Waals surface area contributed by atoms with Crippen LogP contribution in [0.2, 0.25) is 5.02 Å². The predicted octanol–water partition coefficient (Wildman–Crippen LogP) is 3.22. The second-order valence-electron chi connectivity index (χ2n) is 2.80. The quantitative estimate of drug-likeness (QED) is 0.819. The van der Waals surface area contributed by atoms with Gasteiger partial charge in [-0.2, -0.15) is 0 Å². The number of anilines is 1. The zero-order valence-corrected chi connectivity index (χ0v) is 8.89. The second-order valence-corrected chi connectivity index (χ2v) is 3.24. The van der Waals surface area contributed by atoms with E-state index in [-0.39, 0.29) is 0 Å². The van der Waals surface area contributed by atoms with Crippen molar-refractivity contribution < 1.29 is 9.53 Å². The van der Waals surface area contributed by atoms with Gasteiger partial charge in [-0.05, 0) is 37.6 Å². The Morgan fingerprint density at radius 2 is 2.29 bits per heavy atom. The van der Waals surface area contributed by atoms with Gasteiger partial charge < -0.3 is 4.74 Å². The zero-order chi connectivity index (χ0) is 10.6. The molecule has 0 saturated heterocycles. The first-order valence-electron chi connectivity index (χ1n) is 4.33. The normalized spacial score (nSPS) is 9.64. The van der Waals surface area contributed by atoms with Crippen LogP contribution in [0, 0.1) is 6.92 Å². The van der Waals surface area contributed by atoms with E-state index in [0.29, 0.717) is 17.3 Å². The van der Waals surface area contributed by atoms with Crippen molar-refractivity contribution in [1.82, 2.24) is 0 Å². The Morgan fingerprint density at radius 3 is 2.86 bits per heavy atom. The summed E-state index contributed by atoms with van der Waals surface area (Å²) in [5, 5.41) is 3.27. The van der Waals surface area contributed by atoms with Gasteiger partial charge in [0.15, 0.2) is 0 Å². The molecule has 1 amide bonds. The number of rotatable bonds is 2. The predicted molar refractivity (Wildman–Crippen MR) is 56.8 cm³/mol. The topological polar surface area (TPSA) is 38.3 Å². The second kappa shape index (κ2) is 4.86. The van der Waals surface area contributed by atoms with E-state index in [1.807, 2.05) is 6.92 Å². The molecule has 0 radical (unpaired) electrons. The van der Waals surface area contributed by atoms with E-state index in [9.17, 15) is 4.79 Å². The number of aryl methyl sites for hydroxylation is 1. The molecule has 14 heavy (non-hydrogen) atoms. The average Bonchev–Trinajstić information content (AvgIpc) is 2.10. The zero-order valence-electron chi connectivity index (χ0n) is 8.13. The minimum absolute atomic E-state index is 0.360. The molecule has 0 bridgehead atoms. The molecule has 1 rings (SSSR count). The average molecular weight is 214 g/mol. The Hall–Kier alpha value is -1.22. The van der Waals surface area contributed by atoms with Gasteiger partial charge in [0.1, 0.15) is 0 Å². The number of ether oxygens (including phenoxy) is 1. The van der Waals surface area contributed by atoms with E-state index in [4.69, 9.17) is 16.3 Å². The molecule has 76 valence electrons. The summed E-state index contributed by atoms with van der Waals surface area (Å²) in [6, 6.07) is 5.24. The first-order chi connectivity index (χ1) is 6.63. The van der Waals surface area contributed by atoms with E-state index < -0.39 is 6.09 Å². The van der Waals surface area contributed by atoms with E-state index in [1.54, 1.807) is 25.1 Å². The SMILES string of the molecule is CCOC(=O)Nc1ccc(Cl)cc1C. The van der Waals surface area contributed by atoms with Crippen LogP contribution in [0.4, 0.5) is 10.5 Å². The molecule has 0 unspecified atom stereocenters. The molecule has 0 atom stereocenters. The fraction of sp³-hybridized carbons (Fsp3) is 0.300. The minimum atomic E-state index is -0.446. The lowest BCUT2D eigenvalue weighted by Crippen LogP contribution is -2.13. The van der Waals surface area contributed by atoms with Crippen molar-refractivity contribution in [2.45, 2.75) is 13.8 Å². The van der Waals surface area contributed by atoms with Crippen LogP contribution in [0.15, 0.2) is 18.2 Å². The lowest BCUT2D eigenvalue weighted by Gasteiger charge is -2.07. The standard InChI is InChI=1S/C10H12ClNO2/c1-3-14-10(13)12-9-5-4-8(11)6-7(9)2/h4-6H,3H2,1-2H3,(H,12,13). The first kappa shape index (κ1) is 10.9. The van der Waals surface area contributed by atoms with Crippen molar-refractivity contribution in [2.24, 2.45) is 0 Å². The van der Waals surface area contributed by atoms with Crippen molar-refractivity contribution in [3.63, 3.8) is 0 Å². The van der Waals surface area contributed by atoms with Crippen LogP contribution in [0.5, 0.6) is 0 Å². The summed E-state index contributed by atoms with van der Waals surface area (Å²) in [6.07, 6.45) is -0.446. The van der Waals surface area contributed by atoms with Gasteiger partial charge >= 0.3 is 6.09 Å². The smallest absolute Gasteiger partial charge is 0.411 e. The highest BCUT2D eigenvalue weighted by atomic mass is 35.5. The Kier molecular flexibility index (Phi) is 3.77. The summed E-state index contributed by atoms with van der Waals surface area (Å²) in [5.41, 5.74) is 1.62. The van der Waals surface area contributed by atoms with Crippen LogP contribution in [0.25, 0.3) is 0 Å². The summed E-state index contributed by atoms with van der Waals surface area (Å²) < 4.78 is 4.75. The Labute approximate surface area is 88.0 Å². The third kappa shape index (κ3) is 2.92. The van der Waals surface area contributed by atoms with E-state index in [1.165, 1.54) is 0 Å². The monoisotopic (exact) mass is 213 g/mol. The van der Waals surface area contributed by atoms with Crippen LogP contribution in [0.1, 0.15) is 12.5 Å². The van der Waals surface area contributed by atoms with Gasteiger partial charge in [0.25, 0.3) is 0 Å². The van der Waals surface area contributed by atoms with Crippen molar-refractivity contribution in [2.75, 3.05) is 11.9 Å². The summed E-state index contributed by atoms with van der Waals surface area (Å²) in [7, 11) is 0. The number of carbonyl (C=O) groups is 1. The van der Waals surface area contributed by atoms with Gasteiger partial charge in [0.05, 0.1) is 6.61 Å². The molecule has 0 aliphatic carbocycles. The molecule has 0 aliphatic heterocycles. The number of amides is 1. The highest BCUT2D eigenvalue weighted by molar-refractivity contribution is 6.30. The van der Waals surface area contributed by atoms with Crippen LogP contribution in [0.3, 0.4) is 0 Å². The maximum atomic E-state index is 11.1. The molecule has 4 heteroatoms. The van der Waals surface area contributed by atoms with Gasteiger partial charge in [-0.15, -0.1) is 0 Å². The number of carbonyl (C=O) groups excluding carboxylic acids is 1. The largest absolute Gasteiger partial charge is 0.450 e. The maximum absolute atomic E-state index is 11.1. The number of hydrogen-bond donors (Lipinski definition) is 1. The Bertz CT molecular complexity index is 339. The maximum Gasteiger partial charge on any atom is 0.411 e. The van der Waals surface area contributed by atoms with Crippen LogP contribution >= 0.6 is 11.6 Å². The number of nitrogens with one attached hydrogen (secondary N) is 1. The van der Waals surface area contributed by atoms with Crippen molar-refractivity contribution >= 4 is 23.4 Å². The van der Waals surface area contributed by atoms with Gasteiger partial charge in [0.2, 0.25) is 0 Å². The molecular formula is C10H12ClNO2. The van der Waals surface area contributed by atoms with Crippen molar-refractivity contribution in [3.05, 3.63) is 28.8 Å². The highest BCUT2D eigenvalue weighted by Gasteiger charge is 2.04. The van der Waals surface area contributed by atoms with Crippen LogP contribution in [-0.2, 0) is 4.74 Å². The van der Waals surface area contributed by atoms with Crippen LogP contribution in [-0.4, -0.2) is 12.7 Å². The number of halogens is 1. The van der Waals surface area contributed by atoms with Gasteiger partial charge in [-0.25, -0.2) is 4.79 Å². The summed E-state index contributed by atoms with van der Waals surface area (Å²) in [5.74, 6) is 0. The minimum Gasteiger partial charge on any atom is -0.450 e. The molecule has 3 nitrogen and oxygen atoms in total. The van der Waals surface area contributed by atoms with Crippen molar-refractivity contribution in [3.8, 4) is 0 Å². The first-order valence-corrected chi connectivity index (χ1v) is 4.71. The molecule has 0 aliphatic rings. The van der Waals surface area contributed by atoms with Gasteiger partial charge in [-0.3, -0.25) is 5.32 Å². The van der Waals surface area contributed by atoms with Crippen molar-refractivity contribution in [1.29, 1.82) is 0 Å². The van der Waals surface area contributed by atoms with E-state index >= 15 is 0 Å². The van der Waals surface area contributed by atoms with E-state index in [0.717, 1.165) is 5.56 Å².